The Hall–Kier alpha value is -1.83. The summed E-state index contributed by atoms with van der Waals surface area (Å²) in [4.78, 5) is 12.6. The molecule has 1 aromatic heterocycles. The summed E-state index contributed by atoms with van der Waals surface area (Å²) in [5.74, 6) is 1.68. The van der Waals surface area contributed by atoms with Crippen molar-refractivity contribution in [3.05, 3.63) is 59.0 Å². The lowest BCUT2D eigenvalue weighted by Gasteiger charge is -2.16. The van der Waals surface area contributed by atoms with E-state index in [0.717, 1.165) is 24.2 Å². The van der Waals surface area contributed by atoms with Crippen molar-refractivity contribution in [1.82, 2.24) is 0 Å². The Balaban J connectivity index is 1.55. The van der Waals surface area contributed by atoms with Crippen LogP contribution in [0.4, 0.5) is 0 Å². The number of aryl methyl sites for hydroxylation is 2. The molecular formula is C18H18O2. The van der Waals surface area contributed by atoms with Gasteiger partial charge in [-0.1, -0.05) is 12.1 Å². The van der Waals surface area contributed by atoms with Gasteiger partial charge in [0.05, 0.1) is 6.26 Å². The van der Waals surface area contributed by atoms with E-state index in [1.165, 1.54) is 30.4 Å². The molecule has 20 heavy (non-hydrogen) atoms. The summed E-state index contributed by atoms with van der Waals surface area (Å²) in [7, 11) is 0. The maximum absolute atomic E-state index is 12.6. The molecule has 0 spiro atoms. The standard InChI is InChI=1S/C18H18O2/c19-18(16-11-15(16)17-6-3-9-20-17)14-8-7-12-4-1-2-5-13(12)10-14/h3,6-10,15-16H,1-2,4-5,11H2. The molecule has 0 N–H and O–H groups in total. The minimum atomic E-state index is 0.128. The first kappa shape index (κ1) is 12.0. The van der Waals surface area contributed by atoms with E-state index in [0.29, 0.717) is 11.7 Å². The Morgan fingerprint density at radius 2 is 1.95 bits per heavy atom. The third kappa shape index (κ3) is 2.00. The van der Waals surface area contributed by atoms with Gasteiger partial charge in [-0.05, 0) is 61.4 Å². The van der Waals surface area contributed by atoms with Crippen molar-refractivity contribution in [2.45, 2.75) is 38.0 Å². The summed E-state index contributed by atoms with van der Waals surface area (Å²) in [6, 6.07) is 10.2. The molecule has 0 radical (unpaired) electrons. The summed E-state index contributed by atoms with van der Waals surface area (Å²) in [6.45, 7) is 0. The fraction of sp³-hybridized carbons (Fsp3) is 0.389. The van der Waals surface area contributed by atoms with E-state index in [1.54, 1.807) is 6.26 Å². The highest BCUT2D eigenvalue weighted by Gasteiger charge is 2.45. The number of hydrogen-bond donors (Lipinski definition) is 0. The number of benzene rings is 1. The zero-order valence-electron chi connectivity index (χ0n) is 11.5. The molecule has 1 aromatic carbocycles. The van der Waals surface area contributed by atoms with E-state index in [1.807, 2.05) is 18.2 Å². The summed E-state index contributed by atoms with van der Waals surface area (Å²) in [5.41, 5.74) is 3.72. The van der Waals surface area contributed by atoms with Crippen LogP contribution in [0.3, 0.4) is 0 Å². The smallest absolute Gasteiger partial charge is 0.166 e. The molecule has 2 aromatic rings. The van der Waals surface area contributed by atoms with Crippen molar-refractivity contribution in [3.8, 4) is 0 Å². The average molecular weight is 266 g/mol. The SMILES string of the molecule is O=C(c1ccc2c(c1)CCCC2)C1CC1c1ccco1. The van der Waals surface area contributed by atoms with Crippen molar-refractivity contribution < 1.29 is 9.21 Å². The van der Waals surface area contributed by atoms with Crippen LogP contribution in [0.15, 0.2) is 41.0 Å². The van der Waals surface area contributed by atoms with Crippen LogP contribution in [0.1, 0.15) is 52.4 Å². The van der Waals surface area contributed by atoms with Gasteiger partial charge < -0.3 is 4.42 Å². The van der Waals surface area contributed by atoms with Gasteiger partial charge in [0.15, 0.2) is 5.78 Å². The van der Waals surface area contributed by atoms with Crippen molar-refractivity contribution in [1.29, 1.82) is 0 Å². The monoisotopic (exact) mass is 266 g/mol. The van der Waals surface area contributed by atoms with Crippen molar-refractivity contribution in [2.75, 3.05) is 0 Å². The van der Waals surface area contributed by atoms with Crippen molar-refractivity contribution in [2.24, 2.45) is 5.92 Å². The van der Waals surface area contributed by atoms with Gasteiger partial charge in [-0.25, -0.2) is 0 Å². The van der Waals surface area contributed by atoms with E-state index >= 15 is 0 Å². The molecular weight excluding hydrogens is 248 g/mol. The van der Waals surface area contributed by atoms with Crippen LogP contribution in [-0.4, -0.2) is 5.78 Å². The van der Waals surface area contributed by atoms with E-state index in [9.17, 15) is 4.79 Å². The van der Waals surface area contributed by atoms with Gasteiger partial charge in [0.2, 0.25) is 0 Å². The minimum absolute atomic E-state index is 0.128. The number of rotatable bonds is 3. The second kappa shape index (κ2) is 4.62. The molecule has 1 saturated carbocycles. The van der Waals surface area contributed by atoms with E-state index in [4.69, 9.17) is 4.42 Å². The topological polar surface area (TPSA) is 30.2 Å². The Morgan fingerprint density at radius 1 is 1.10 bits per heavy atom. The third-order valence-corrected chi connectivity index (χ3v) is 4.67. The van der Waals surface area contributed by atoms with E-state index < -0.39 is 0 Å². The molecule has 2 aliphatic rings. The molecule has 2 atom stereocenters. The first-order valence-electron chi connectivity index (χ1n) is 7.52. The largest absolute Gasteiger partial charge is 0.469 e. The fourth-order valence-electron chi connectivity index (χ4n) is 3.40. The maximum atomic E-state index is 12.6. The van der Waals surface area contributed by atoms with Gasteiger partial charge >= 0.3 is 0 Å². The summed E-state index contributed by atoms with van der Waals surface area (Å²) in [6.07, 6.45) is 7.45. The lowest BCUT2D eigenvalue weighted by Crippen LogP contribution is -2.08. The number of carbonyl (C=O) groups excluding carboxylic acids is 1. The fourth-order valence-corrected chi connectivity index (χ4v) is 3.40. The van der Waals surface area contributed by atoms with E-state index in [2.05, 4.69) is 12.1 Å². The molecule has 0 amide bonds. The first-order chi connectivity index (χ1) is 9.83. The highest BCUT2D eigenvalue weighted by Crippen LogP contribution is 2.49. The van der Waals surface area contributed by atoms with Crippen LogP contribution >= 0.6 is 0 Å². The van der Waals surface area contributed by atoms with Crippen LogP contribution in [-0.2, 0) is 12.8 Å². The van der Waals surface area contributed by atoms with Gasteiger partial charge in [0.25, 0.3) is 0 Å². The van der Waals surface area contributed by atoms with Crippen LogP contribution in [0.2, 0.25) is 0 Å². The molecule has 2 nitrogen and oxygen atoms in total. The van der Waals surface area contributed by atoms with Gasteiger partial charge in [-0.15, -0.1) is 0 Å². The van der Waals surface area contributed by atoms with Gasteiger partial charge in [0.1, 0.15) is 5.76 Å². The van der Waals surface area contributed by atoms with Crippen LogP contribution < -0.4 is 0 Å². The first-order valence-corrected chi connectivity index (χ1v) is 7.52. The molecule has 0 saturated heterocycles. The third-order valence-electron chi connectivity index (χ3n) is 4.67. The molecule has 1 heterocycles. The van der Waals surface area contributed by atoms with Crippen LogP contribution in [0.25, 0.3) is 0 Å². The second-order valence-corrected chi connectivity index (χ2v) is 6.02. The maximum Gasteiger partial charge on any atom is 0.166 e. The zero-order valence-corrected chi connectivity index (χ0v) is 11.5. The number of Topliss-reactive ketones (excluding diaryl/α,β-unsaturated/α-hetero) is 1. The number of ketones is 1. The predicted octanol–water partition coefficient (Wildman–Crippen LogP) is 4.14. The molecule has 0 aliphatic heterocycles. The number of hydrogen-bond acceptors (Lipinski definition) is 2. The molecule has 2 aliphatic carbocycles. The Kier molecular flexibility index (Phi) is 2.76. The quantitative estimate of drug-likeness (QED) is 0.781. The predicted molar refractivity (Wildman–Crippen MR) is 77.0 cm³/mol. The lowest BCUT2D eigenvalue weighted by atomic mass is 9.89. The Morgan fingerprint density at radius 3 is 2.75 bits per heavy atom. The number of fused-ring (bicyclic) bond motifs is 1. The molecule has 2 unspecified atom stereocenters. The summed E-state index contributed by atoms with van der Waals surface area (Å²) >= 11 is 0. The Bertz CT molecular complexity index is 639. The van der Waals surface area contributed by atoms with Crippen molar-refractivity contribution >= 4 is 5.78 Å². The molecule has 1 fully saturated rings. The van der Waals surface area contributed by atoms with Crippen LogP contribution in [0.5, 0.6) is 0 Å². The highest BCUT2D eigenvalue weighted by molar-refractivity contribution is 6.00. The van der Waals surface area contributed by atoms with Gasteiger partial charge in [-0.2, -0.15) is 0 Å². The molecule has 0 bridgehead atoms. The number of furan rings is 1. The molecule has 4 rings (SSSR count). The highest BCUT2D eigenvalue weighted by atomic mass is 16.3. The van der Waals surface area contributed by atoms with Crippen molar-refractivity contribution in [3.63, 3.8) is 0 Å². The van der Waals surface area contributed by atoms with Gasteiger partial charge in [0, 0.05) is 17.4 Å². The van der Waals surface area contributed by atoms with Gasteiger partial charge in [-0.3, -0.25) is 4.79 Å². The number of carbonyl (C=O) groups is 1. The molecule has 102 valence electrons. The second-order valence-electron chi connectivity index (χ2n) is 6.02. The lowest BCUT2D eigenvalue weighted by molar-refractivity contribution is 0.0964. The van der Waals surface area contributed by atoms with Crippen LogP contribution in [0, 0.1) is 5.92 Å². The normalized spacial score (nSPS) is 24.2. The van der Waals surface area contributed by atoms with E-state index in [-0.39, 0.29) is 5.92 Å². The molecule has 2 heteroatoms. The zero-order chi connectivity index (χ0) is 13.5. The Labute approximate surface area is 118 Å². The summed E-state index contributed by atoms with van der Waals surface area (Å²) in [5, 5.41) is 0. The summed E-state index contributed by atoms with van der Waals surface area (Å²) < 4.78 is 5.41. The minimum Gasteiger partial charge on any atom is -0.469 e. The average Bonchev–Trinajstić information content (AvgIpc) is 3.11.